The Kier molecular flexibility index (Phi) is 3.76. The first kappa shape index (κ1) is 13.6. The zero-order chi connectivity index (χ0) is 12.6. The molecule has 0 aromatic heterocycles. The second-order valence-electron chi connectivity index (χ2n) is 2.56. The third kappa shape index (κ3) is 3.02. The van der Waals surface area contributed by atoms with E-state index in [1.54, 1.807) is 0 Å². The molecule has 1 aromatic carbocycles. The summed E-state index contributed by atoms with van der Waals surface area (Å²) in [5, 5.41) is 0.226. The van der Waals surface area contributed by atoms with Crippen LogP contribution in [0.2, 0.25) is 5.02 Å². The minimum absolute atomic E-state index is 0.00725. The Hall–Kier alpha value is -0.470. The maximum atomic E-state index is 12.0. The van der Waals surface area contributed by atoms with E-state index in [1.807, 2.05) is 0 Å². The lowest BCUT2D eigenvalue weighted by Gasteiger charge is -2.10. The van der Waals surface area contributed by atoms with Gasteiger partial charge in [-0.3, -0.25) is 0 Å². The molecular formula is C7H3BrClF3O3S. The number of hydrogen-bond acceptors (Lipinski definition) is 3. The quantitative estimate of drug-likeness (QED) is 0.613. The molecule has 0 N–H and O–H groups in total. The van der Waals surface area contributed by atoms with Crippen molar-refractivity contribution in [3.05, 3.63) is 27.7 Å². The van der Waals surface area contributed by atoms with Crippen LogP contribution in [-0.2, 0) is 10.1 Å². The SMILES string of the molecule is O=S(=O)(Oc1ccc(Cl)cc1Br)C(F)(F)F. The smallest absolute Gasteiger partial charge is 0.375 e. The summed E-state index contributed by atoms with van der Waals surface area (Å²) in [4.78, 5) is 0. The van der Waals surface area contributed by atoms with E-state index in [0.717, 1.165) is 6.07 Å². The summed E-state index contributed by atoms with van der Waals surface area (Å²) in [6, 6.07) is 3.42. The van der Waals surface area contributed by atoms with E-state index in [9.17, 15) is 21.6 Å². The van der Waals surface area contributed by atoms with E-state index in [-0.39, 0.29) is 9.50 Å². The van der Waals surface area contributed by atoms with Gasteiger partial charge in [-0.1, -0.05) is 11.6 Å². The first-order valence-corrected chi connectivity index (χ1v) is 6.17. The van der Waals surface area contributed by atoms with Gasteiger partial charge in [0.25, 0.3) is 0 Å². The van der Waals surface area contributed by atoms with E-state index >= 15 is 0 Å². The number of benzene rings is 1. The van der Waals surface area contributed by atoms with Gasteiger partial charge in [0, 0.05) is 5.02 Å². The average molecular weight is 340 g/mol. The van der Waals surface area contributed by atoms with Crippen LogP contribution in [0, 0.1) is 0 Å². The highest BCUT2D eigenvalue weighted by Crippen LogP contribution is 2.32. The van der Waals surface area contributed by atoms with Crippen molar-refractivity contribution in [2.75, 3.05) is 0 Å². The first-order chi connectivity index (χ1) is 7.13. The molecule has 1 rings (SSSR count). The van der Waals surface area contributed by atoms with Gasteiger partial charge in [0.2, 0.25) is 0 Å². The van der Waals surface area contributed by atoms with Crippen LogP contribution in [0.3, 0.4) is 0 Å². The summed E-state index contributed by atoms with van der Waals surface area (Å²) in [6.07, 6.45) is 0. The molecule has 0 atom stereocenters. The van der Waals surface area contributed by atoms with Crippen LogP contribution in [0.15, 0.2) is 22.7 Å². The highest BCUT2D eigenvalue weighted by atomic mass is 79.9. The van der Waals surface area contributed by atoms with Gasteiger partial charge in [-0.15, -0.1) is 0 Å². The zero-order valence-corrected chi connectivity index (χ0v) is 10.4. The maximum Gasteiger partial charge on any atom is 0.534 e. The standard InChI is InChI=1S/C7H3BrClF3O3S/c8-5-3-4(9)1-2-6(5)15-16(13,14)7(10,11)12/h1-3H. The maximum absolute atomic E-state index is 12.0. The Morgan fingerprint density at radius 3 is 2.31 bits per heavy atom. The molecule has 1 aromatic rings. The highest BCUT2D eigenvalue weighted by Gasteiger charge is 2.48. The van der Waals surface area contributed by atoms with Crippen molar-refractivity contribution in [1.29, 1.82) is 0 Å². The Balaban J connectivity index is 3.07. The van der Waals surface area contributed by atoms with E-state index in [1.165, 1.54) is 12.1 Å². The lowest BCUT2D eigenvalue weighted by atomic mass is 10.3. The molecule has 0 saturated heterocycles. The largest absolute Gasteiger partial charge is 0.534 e. The van der Waals surface area contributed by atoms with Gasteiger partial charge in [-0.25, -0.2) is 0 Å². The highest BCUT2D eigenvalue weighted by molar-refractivity contribution is 9.10. The summed E-state index contributed by atoms with van der Waals surface area (Å²) in [5.74, 6) is -0.485. The van der Waals surface area contributed by atoms with Crippen molar-refractivity contribution >= 4 is 37.6 Å². The fourth-order valence-corrected chi connectivity index (χ4v) is 2.06. The van der Waals surface area contributed by atoms with Crippen LogP contribution in [0.5, 0.6) is 5.75 Å². The van der Waals surface area contributed by atoms with Gasteiger partial charge >= 0.3 is 15.6 Å². The Bertz CT molecular complexity index is 500. The summed E-state index contributed by atoms with van der Waals surface area (Å²) < 4.78 is 61.1. The lowest BCUT2D eigenvalue weighted by Crippen LogP contribution is -2.28. The molecule has 16 heavy (non-hydrogen) atoms. The Morgan fingerprint density at radius 1 is 1.31 bits per heavy atom. The number of rotatable bonds is 2. The molecule has 0 amide bonds. The Labute approximate surface area is 102 Å². The minimum atomic E-state index is -5.66. The van der Waals surface area contributed by atoms with Gasteiger partial charge in [0.05, 0.1) is 4.47 Å². The second kappa shape index (κ2) is 4.42. The van der Waals surface area contributed by atoms with Crippen LogP contribution in [0.1, 0.15) is 0 Å². The molecule has 0 aliphatic carbocycles. The van der Waals surface area contributed by atoms with Gasteiger partial charge in [-0.05, 0) is 34.1 Å². The molecule has 9 heteroatoms. The number of alkyl halides is 3. The Morgan fingerprint density at radius 2 is 1.88 bits per heavy atom. The summed E-state index contributed by atoms with van der Waals surface area (Å²) in [7, 11) is -5.66. The van der Waals surface area contributed by atoms with Crippen molar-refractivity contribution in [3.63, 3.8) is 0 Å². The molecule has 3 nitrogen and oxygen atoms in total. The first-order valence-electron chi connectivity index (χ1n) is 3.59. The molecule has 0 bridgehead atoms. The van der Waals surface area contributed by atoms with Crippen molar-refractivity contribution in [2.24, 2.45) is 0 Å². The normalized spacial score (nSPS) is 12.6. The molecular weight excluding hydrogens is 336 g/mol. The topological polar surface area (TPSA) is 43.4 Å². The molecule has 0 heterocycles. The molecule has 90 valence electrons. The molecule has 0 aliphatic heterocycles. The minimum Gasteiger partial charge on any atom is -0.375 e. The third-order valence-electron chi connectivity index (χ3n) is 1.38. The average Bonchev–Trinajstić information content (AvgIpc) is 2.08. The van der Waals surface area contributed by atoms with Crippen LogP contribution >= 0.6 is 27.5 Å². The van der Waals surface area contributed by atoms with E-state index in [0.29, 0.717) is 0 Å². The fourth-order valence-electron chi connectivity index (χ4n) is 0.708. The fraction of sp³-hybridized carbons (Fsp3) is 0.143. The van der Waals surface area contributed by atoms with E-state index < -0.39 is 21.4 Å². The van der Waals surface area contributed by atoms with Crippen LogP contribution in [0.25, 0.3) is 0 Å². The molecule has 0 spiro atoms. The summed E-state index contributed by atoms with van der Waals surface area (Å²) in [5.41, 5.74) is -5.47. The predicted molar refractivity (Wildman–Crippen MR) is 54.8 cm³/mol. The lowest BCUT2D eigenvalue weighted by molar-refractivity contribution is -0.0500. The molecule has 0 aliphatic rings. The summed E-state index contributed by atoms with van der Waals surface area (Å²) >= 11 is 8.35. The summed E-state index contributed by atoms with van der Waals surface area (Å²) in [6.45, 7) is 0. The number of halogens is 5. The van der Waals surface area contributed by atoms with E-state index in [2.05, 4.69) is 20.1 Å². The van der Waals surface area contributed by atoms with Crippen molar-refractivity contribution in [1.82, 2.24) is 0 Å². The molecule has 0 unspecified atom stereocenters. The van der Waals surface area contributed by atoms with Crippen LogP contribution in [0.4, 0.5) is 13.2 Å². The van der Waals surface area contributed by atoms with Gasteiger partial charge in [-0.2, -0.15) is 21.6 Å². The van der Waals surface area contributed by atoms with E-state index in [4.69, 9.17) is 11.6 Å². The second-order valence-corrected chi connectivity index (χ2v) is 5.39. The van der Waals surface area contributed by atoms with Gasteiger partial charge < -0.3 is 4.18 Å². The monoisotopic (exact) mass is 338 g/mol. The van der Waals surface area contributed by atoms with Crippen LogP contribution < -0.4 is 4.18 Å². The number of hydrogen-bond donors (Lipinski definition) is 0. The van der Waals surface area contributed by atoms with Gasteiger partial charge in [0.15, 0.2) is 5.75 Å². The van der Waals surface area contributed by atoms with Crippen molar-refractivity contribution in [3.8, 4) is 5.75 Å². The third-order valence-corrected chi connectivity index (χ3v) is 3.20. The zero-order valence-electron chi connectivity index (χ0n) is 7.25. The molecule has 0 fully saturated rings. The molecule has 0 radical (unpaired) electrons. The predicted octanol–water partition coefficient (Wildman–Crippen LogP) is 3.33. The van der Waals surface area contributed by atoms with Crippen molar-refractivity contribution < 1.29 is 25.8 Å². The van der Waals surface area contributed by atoms with Crippen LogP contribution in [-0.4, -0.2) is 13.9 Å². The molecule has 0 saturated carbocycles. The van der Waals surface area contributed by atoms with Crippen molar-refractivity contribution in [2.45, 2.75) is 5.51 Å². The van der Waals surface area contributed by atoms with Gasteiger partial charge in [0.1, 0.15) is 0 Å².